The van der Waals surface area contributed by atoms with Gasteiger partial charge in [0.2, 0.25) is 0 Å². The average molecular weight is 367 g/mol. The summed E-state index contributed by atoms with van der Waals surface area (Å²) in [6.07, 6.45) is 0. The molecule has 0 aromatic heterocycles. The highest BCUT2D eigenvalue weighted by Crippen LogP contribution is 2.50. The third kappa shape index (κ3) is 3.72. The van der Waals surface area contributed by atoms with E-state index in [9.17, 15) is 14.7 Å². The molecule has 0 unspecified atom stereocenters. The van der Waals surface area contributed by atoms with Gasteiger partial charge in [0.25, 0.3) is 0 Å². The highest BCUT2D eigenvalue weighted by molar-refractivity contribution is 7.66. The van der Waals surface area contributed by atoms with Gasteiger partial charge in [-0.1, -0.05) is 81.4 Å². The third-order valence-corrected chi connectivity index (χ3v) is 5.42. The first-order valence-corrected chi connectivity index (χ1v) is 10.2. The summed E-state index contributed by atoms with van der Waals surface area (Å²) in [4.78, 5) is 30.3. The lowest BCUT2D eigenvalue weighted by atomic mass is 9.78. The minimum Gasteiger partial charge on any atom is -0.189 e. The molecule has 0 aliphatic carbocycles. The van der Waals surface area contributed by atoms with Crippen LogP contribution in [0.2, 0.25) is 0 Å². The topological polar surface area (TPSA) is 60.7 Å². The van der Waals surface area contributed by atoms with E-state index in [1.807, 2.05) is 87.5 Å². The van der Waals surface area contributed by atoms with Crippen molar-refractivity contribution in [1.29, 1.82) is 0 Å². The zero-order valence-corrected chi connectivity index (χ0v) is 16.1. The maximum Gasteiger partial charge on any atom is 0.441 e. The van der Waals surface area contributed by atoms with E-state index in [-0.39, 0.29) is 5.30 Å². The molecular weight excluding hydrogens is 343 g/mol. The largest absolute Gasteiger partial charge is 0.441 e. The van der Waals surface area contributed by atoms with Crippen LogP contribution in [0.25, 0.3) is 22.3 Å². The Bertz CT molecular complexity index is 892. The van der Waals surface area contributed by atoms with Crippen LogP contribution in [0.1, 0.15) is 26.3 Å². The normalized spacial score (nSPS) is 12.2. The van der Waals surface area contributed by atoms with Gasteiger partial charge in [0.1, 0.15) is 0 Å². The summed E-state index contributed by atoms with van der Waals surface area (Å²) in [7, 11) is -4.16. The molecule has 0 aliphatic rings. The lowest BCUT2D eigenvalue weighted by molar-refractivity contribution is 0.346. The predicted octanol–water partition coefficient (Wildman–Crippen LogP) is 4.68. The van der Waals surface area contributed by atoms with Crippen LogP contribution >= 0.6 is 7.94 Å². The number of benzene rings is 3. The van der Waals surface area contributed by atoms with Crippen LogP contribution in [0.4, 0.5) is 0 Å². The second kappa shape index (κ2) is 6.94. The van der Waals surface area contributed by atoms with E-state index < -0.39 is 13.4 Å². The van der Waals surface area contributed by atoms with Crippen molar-refractivity contribution >= 4 is 13.2 Å². The maximum atomic E-state index is 10.1. The monoisotopic (exact) mass is 367 g/mol. The van der Waals surface area contributed by atoms with E-state index in [2.05, 4.69) is 0 Å². The second-order valence-corrected chi connectivity index (χ2v) is 9.05. The molecule has 3 aromatic rings. The molecule has 0 saturated carbocycles. The Balaban J connectivity index is 2.45. The molecule has 0 aliphatic heterocycles. The van der Waals surface area contributed by atoms with Gasteiger partial charge in [0.05, 0.1) is 0 Å². The molecular formula is C22H24O3P+. The molecule has 3 aromatic carbocycles. The lowest BCUT2D eigenvalue weighted by Crippen LogP contribution is -2.26. The van der Waals surface area contributed by atoms with Crippen molar-refractivity contribution in [2.24, 2.45) is 0 Å². The van der Waals surface area contributed by atoms with Gasteiger partial charge >= 0.3 is 7.94 Å². The highest BCUT2D eigenvalue weighted by Gasteiger charge is 2.42. The molecule has 0 atom stereocenters. The Hall–Kier alpha value is -2.03. The van der Waals surface area contributed by atoms with Crippen LogP contribution in [-0.4, -0.2) is 14.7 Å². The Morgan fingerprint density at radius 2 is 1.15 bits per heavy atom. The Kier molecular flexibility index (Phi) is 5.01. The maximum absolute atomic E-state index is 10.1. The van der Waals surface area contributed by atoms with Crippen molar-refractivity contribution in [3.8, 4) is 22.3 Å². The molecule has 3 nitrogen and oxygen atoms in total. The summed E-state index contributed by atoms with van der Waals surface area (Å²) in [6, 6.07) is 23.4. The van der Waals surface area contributed by atoms with Crippen LogP contribution in [0.15, 0.2) is 72.8 Å². The first-order valence-electron chi connectivity index (χ1n) is 8.56. The number of hydrogen-bond donors (Lipinski definition) is 3. The van der Waals surface area contributed by atoms with Gasteiger partial charge in [-0.25, -0.2) is 0 Å². The predicted molar refractivity (Wildman–Crippen MR) is 109 cm³/mol. The van der Waals surface area contributed by atoms with Crippen molar-refractivity contribution in [2.75, 3.05) is 0 Å². The van der Waals surface area contributed by atoms with E-state index >= 15 is 0 Å². The molecule has 0 bridgehead atoms. The van der Waals surface area contributed by atoms with E-state index in [0.717, 1.165) is 27.8 Å². The zero-order chi connectivity index (χ0) is 18.9. The fourth-order valence-electron chi connectivity index (χ4n) is 3.36. The smallest absolute Gasteiger partial charge is 0.189 e. The van der Waals surface area contributed by atoms with Gasteiger partial charge in [-0.2, -0.15) is 14.7 Å². The summed E-state index contributed by atoms with van der Waals surface area (Å²) in [5.41, 5.74) is 4.30. The quantitative estimate of drug-likeness (QED) is 0.589. The lowest BCUT2D eigenvalue weighted by Gasteiger charge is -2.27. The van der Waals surface area contributed by atoms with Crippen molar-refractivity contribution in [1.82, 2.24) is 0 Å². The molecule has 0 radical (unpaired) electrons. The summed E-state index contributed by atoms with van der Waals surface area (Å²) in [5.74, 6) is 0. The average Bonchev–Trinajstić information content (AvgIpc) is 2.60. The Morgan fingerprint density at radius 3 is 1.62 bits per heavy atom. The summed E-state index contributed by atoms with van der Waals surface area (Å²) in [6.45, 7) is 6.05. The van der Waals surface area contributed by atoms with Gasteiger partial charge < -0.3 is 0 Å². The molecule has 0 heterocycles. The molecule has 0 spiro atoms. The van der Waals surface area contributed by atoms with E-state index in [0.29, 0.717) is 0 Å². The van der Waals surface area contributed by atoms with Gasteiger partial charge in [-0.05, 0) is 39.8 Å². The highest BCUT2D eigenvalue weighted by atomic mass is 31.2. The van der Waals surface area contributed by atoms with E-state index in [1.54, 1.807) is 6.07 Å². The van der Waals surface area contributed by atoms with Crippen LogP contribution in [-0.2, 0) is 5.41 Å². The van der Waals surface area contributed by atoms with Crippen molar-refractivity contribution in [3.05, 3.63) is 78.4 Å². The molecule has 134 valence electrons. The second-order valence-electron chi connectivity index (χ2n) is 7.43. The fourth-order valence-corrected chi connectivity index (χ4v) is 4.39. The van der Waals surface area contributed by atoms with Crippen molar-refractivity contribution in [3.63, 3.8) is 0 Å². The van der Waals surface area contributed by atoms with E-state index in [4.69, 9.17) is 0 Å². The first kappa shape index (κ1) is 18.8. The molecule has 3 N–H and O–H groups in total. The van der Waals surface area contributed by atoms with Crippen LogP contribution < -0.4 is 5.30 Å². The molecule has 4 heteroatoms. The Morgan fingerprint density at radius 1 is 0.654 bits per heavy atom. The SMILES string of the molecule is CC(C)(C)c1c([P+](O)(O)O)ccc(-c2ccccc2)c1-c1ccccc1. The van der Waals surface area contributed by atoms with Gasteiger partial charge in [0, 0.05) is 5.56 Å². The van der Waals surface area contributed by atoms with Crippen molar-refractivity contribution < 1.29 is 14.7 Å². The summed E-state index contributed by atoms with van der Waals surface area (Å²) < 4.78 is 0. The van der Waals surface area contributed by atoms with Gasteiger partial charge in [-0.15, -0.1) is 0 Å². The first-order chi connectivity index (χ1) is 12.2. The van der Waals surface area contributed by atoms with E-state index in [1.165, 1.54) is 0 Å². The van der Waals surface area contributed by atoms with Crippen LogP contribution in [0, 0.1) is 0 Å². The van der Waals surface area contributed by atoms with Crippen LogP contribution in [0.3, 0.4) is 0 Å². The minimum absolute atomic E-state index is 0.212. The molecule has 3 rings (SSSR count). The summed E-state index contributed by atoms with van der Waals surface area (Å²) >= 11 is 0. The van der Waals surface area contributed by atoms with Gasteiger partial charge in [0.15, 0.2) is 5.30 Å². The molecule has 0 fully saturated rings. The third-order valence-electron chi connectivity index (χ3n) is 4.40. The Labute approximate surface area is 155 Å². The number of rotatable bonds is 3. The fraction of sp³-hybridized carbons (Fsp3) is 0.182. The minimum atomic E-state index is -4.16. The number of hydrogen-bond acceptors (Lipinski definition) is 3. The van der Waals surface area contributed by atoms with Crippen LogP contribution in [0.5, 0.6) is 0 Å². The summed E-state index contributed by atoms with van der Waals surface area (Å²) in [5, 5.41) is 0.212. The molecule has 0 saturated heterocycles. The molecule has 26 heavy (non-hydrogen) atoms. The van der Waals surface area contributed by atoms with Crippen molar-refractivity contribution in [2.45, 2.75) is 26.2 Å². The standard InChI is InChI=1S/C22H24O3P/c1-22(2,3)21-19(26(23,24)25)15-14-18(16-10-6-4-7-11-16)20(21)17-12-8-5-9-13-17/h4-15,23-25H,1-3H3/q+1. The zero-order valence-electron chi connectivity index (χ0n) is 15.2. The molecule has 0 amide bonds. The van der Waals surface area contributed by atoms with Gasteiger partial charge in [-0.3, -0.25) is 0 Å².